The highest BCUT2D eigenvalue weighted by Gasteiger charge is 2.21. The maximum Gasteiger partial charge on any atom is 0.345 e. The lowest BCUT2D eigenvalue weighted by Gasteiger charge is -2.09. The number of nitro groups is 1. The number of urea groups is 1. The van der Waals surface area contributed by atoms with Crippen LogP contribution >= 0.6 is 0 Å². The molecule has 0 aliphatic heterocycles. The van der Waals surface area contributed by atoms with Crippen molar-refractivity contribution in [2.24, 2.45) is 5.92 Å². The summed E-state index contributed by atoms with van der Waals surface area (Å²) in [5.41, 5.74) is -0.692. The minimum atomic E-state index is -1.02. The van der Waals surface area contributed by atoms with Gasteiger partial charge in [-0.15, -0.1) is 0 Å². The summed E-state index contributed by atoms with van der Waals surface area (Å²) in [7, 11) is 0. The van der Waals surface area contributed by atoms with Crippen molar-refractivity contribution in [2.75, 3.05) is 13.2 Å². The van der Waals surface area contributed by atoms with Crippen molar-refractivity contribution in [1.82, 2.24) is 10.6 Å². The summed E-state index contributed by atoms with van der Waals surface area (Å²) in [4.78, 5) is 44.7. The third-order valence-corrected chi connectivity index (χ3v) is 2.58. The molecule has 0 atom stereocenters. The number of nitro benzene ring substituents is 1. The molecule has 1 aromatic rings. The first-order valence-corrected chi connectivity index (χ1v) is 6.79. The van der Waals surface area contributed by atoms with Gasteiger partial charge < -0.3 is 10.1 Å². The van der Waals surface area contributed by atoms with Gasteiger partial charge >= 0.3 is 12.0 Å². The van der Waals surface area contributed by atoms with E-state index >= 15 is 0 Å². The van der Waals surface area contributed by atoms with Crippen molar-refractivity contribution in [3.63, 3.8) is 0 Å². The molecule has 0 aliphatic carbocycles. The van der Waals surface area contributed by atoms with Gasteiger partial charge in [-0.25, -0.2) is 9.59 Å². The maximum absolute atomic E-state index is 11.8. The largest absolute Gasteiger partial charge is 0.452 e. The fourth-order valence-corrected chi connectivity index (χ4v) is 1.52. The van der Waals surface area contributed by atoms with Gasteiger partial charge in [-0.2, -0.15) is 0 Å². The number of nitrogens with one attached hydrogen (secondary N) is 2. The molecule has 0 fully saturated rings. The van der Waals surface area contributed by atoms with E-state index in [4.69, 9.17) is 0 Å². The maximum atomic E-state index is 11.8. The van der Waals surface area contributed by atoms with Gasteiger partial charge in [-0.05, 0) is 12.0 Å². The Hall–Kier alpha value is -2.97. The second kappa shape index (κ2) is 8.47. The fourth-order valence-electron chi connectivity index (χ4n) is 1.52. The Labute approximate surface area is 132 Å². The lowest BCUT2D eigenvalue weighted by molar-refractivity contribution is -0.385. The number of rotatable bonds is 6. The minimum Gasteiger partial charge on any atom is -0.452 e. The van der Waals surface area contributed by atoms with Gasteiger partial charge in [-0.3, -0.25) is 20.2 Å². The lowest BCUT2D eigenvalue weighted by atomic mass is 10.2. The first-order chi connectivity index (χ1) is 10.8. The normalized spacial score (nSPS) is 10.0. The SMILES string of the molecule is CC(C)CNC(=O)NC(=O)COC(=O)c1ccccc1[N+](=O)[O-]. The third kappa shape index (κ3) is 6.12. The first-order valence-electron chi connectivity index (χ1n) is 6.79. The molecule has 0 unspecified atom stereocenters. The number of hydrogen-bond donors (Lipinski definition) is 2. The smallest absolute Gasteiger partial charge is 0.345 e. The second-order valence-corrected chi connectivity index (χ2v) is 5.00. The summed E-state index contributed by atoms with van der Waals surface area (Å²) >= 11 is 0. The van der Waals surface area contributed by atoms with Crippen molar-refractivity contribution in [1.29, 1.82) is 0 Å². The predicted octanol–water partition coefficient (Wildman–Crippen LogP) is 1.23. The molecule has 124 valence electrons. The molecule has 0 bridgehead atoms. The number of nitrogens with zero attached hydrogens (tertiary/aromatic N) is 1. The molecule has 0 aromatic heterocycles. The zero-order chi connectivity index (χ0) is 17.4. The van der Waals surface area contributed by atoms with Crippen LogP contribution in [0.25, 0.3) is 0 Å². The number of hydrogen-bond acceptors (Lipinski definition) is 6. The number of imide groups is 1. The number of benzene rings is 1. The molecule has 0 aliphatic rings. The van der Waals surface area contributed by atoms with Gasteiger partial charge in [0.15, 0.2) is 6.61 Å². The summed E-state index contributed by atoms with van der Waals surface area (Å²) in [6.45, 7) is 3.43. The second-order valence-electron chi connectivity index (χ2n) is 5.00. The predicted molar refractivity (Wildman–Crippen MR) is 79.8 cm³/mol. The average Bonchev–Trinajstić information content (AvgIpc) is 2.50. The van der Waals surface area contributed by atoms with E-state index in [0.29, 0.717) is 6.54 Å². The molecule has 0 saturated carbocycles. The summed E-state index contributed by atoms with van der Waals surface area (Å²) < 4.78 is 4.67. The molecule has 9 nitrogen and oxygen atoms in total. The Morgan fingerprint density at radius 1 is 1.26 bits per heavy atom. The lowest BCUT2D eigenvalue weighted by Crippen LogP contribution is -2.42. The fraction of sp³-hybridized carbons (Fsp3) is 0.357. The van der Waals surface area contributed by atoms with E-state index in [-0.39, 0.29) is 11.5 Å². The number of para-hydroxylation sites is 1. The Kier molecular flexibility index (Phi) is 6.66. The standard InChI is InChI=1S/C14H17N3O6/c1-9(2)7-15-14(20)16-12(18)8-23-13(19)10-5-3-4-6-11(10)17(21)22/h3-6,9H,7-8H2,1-2H3,(H2,15,16,18,20). The molecule has 1 rings (SSSR count). The van der Waals surface area contributed by atoms with Crippen molar-refractivity contribution < 1.29 is 24.0 Å². The molecule has 0 radical (unpaired) electrons. The first kappa shape index (κ1) is 18.1. The third-order valence-electron chi connectivity index (χ3n) is 2.58. The zero-order valence-corrected chi connectivity index (χ0v) is 12.7. The van der Waals surface area contributed by atoms with Gasteiger partial charge in [0.25, 0.3) is 11.6 Å². The number of carbonyl (C=O) groups excluding carboxylic acids is 3. The Morgan fingerprint density at radius 2 is 1.91 bits per heavy atom. The van der Waals surface area contributed by atoms with Crippen LogP contribution in [-0.4, -0.2) is 36.0 Å². The van der Waals surface area contributed by atoms with Gasteiger partial charge in [0, 0.05) is 12.6 Å². The Bertz CT molecular complexity index is 614. The van der Waals surface area contributed by atoms with Crippen molar-refractivity contribution >= 4 is 23.6 Å². The highest BCUT2D eigenvalue weighted by atomic mass is 16.6. The van der Waals surface area contributed by atoms with E-state index in [0.717, 1.165) is 6.07 Å². The van der Waals surface area contributed by atoms with Crippen LogP contribution in [0.4, 0.5) is 10.5 Å². The van der Waals surface area contributed by atoms with Crippen LogP contribution in [0.5, 0.6) is 0 Å². The van der Waals surface area contributed by atoms with E-state index in [1.54, 1.807) is 0 Å². The van der Waals surface area contributed by atoms with E-state index in [1.807, 2.05) is 19.2 Å². The van der Waals surface area contributed by atoms with Crippen molar-refractivity contribution in [3.05, 3.63) is 39.9 Å². The molecule has 23 heavy (non-hydrogen) atoms. The van der Waals surface area contributed by atoms with Gasteiger partial charge in [0.05, 0.1) is 4.92 Å². The summed E-state index contributed by atoms with van der Waals surface area (Å²) in [6.07, 6.45) is 0. The highest BCUT2D eigenvalue weighted by Crippen LogP contribution is 2.18. The Balaban J connectivity index is 2.52. The quantitative estimate of drug-likeness (QED) is 0.460. The number of esters is 1. The average molecular weight is 323 g/mol. The molecule has 0 saturated heterocycles. The minimum absolute atomic E-state index is 0.215. The van der Waals surface area contributed by atoms with Crippen LogP contribution in [0.3, 0.4) is 0 Å². The van der Waals surface area contributed by atoms with Crippen molar-refractivity contribution in [3.8, 4) is 0 Å². The van der Waals surface area contributed by atoms with Crippen molar-refractivity contribution in [2.45, 2.75) is 13.8 Å². The summed E-state index contributed by atoms with van der Waals surface area (Å²) in [5.74, 6) is -1.64. The van der Waals surface area contributed by atoms with Crippen LogP contribution in [0, 0.1) is 16.0 Å². The Morgan fingerprint density at radius 3 is 2.52 bits per heavy atom. The van der Waals surface area contributed by atoms with E-state index in [2.05, 4.69) is 10.1 Å². The van der Waals surface area contributed by atoms with Crippen LogP contribution in [0.1, 0.15) is 24.2 Å². The summed E-state index contributed by atoms with van der Waals surface area (Å²) in [5, 5.41) is 15.2. The highest BCUT2D eigenvalue weighted by molar-refractivity contribution is 5.98. The number of ether oxygens (including phenoxy) is 1. The summed E-state index contributed by atoms with van der Waals surface area (Å²) in [6, 6.07) is 4.50. The van der Waals surface area contributed by atoms with E-state index in [1.165, 1.54) is 18.2 Å². The zero-order valence-electron chi connectivity index (χ0n) is 12.7. The van der Waals surface area contributed by atoms with Gasteiger partial charge in [0.2, 0.25) is 0 Å². The monoisotopic (exact) mass is 323 g/mol. The topological polar surface area (TPSA) is 128 Å². The molecule has 0 heterocycles. The molecular weight excluding hydrogens is 306 g/mol. The van der Waals surface area contributed by atoms with Crippen LogP contribution in [-0.2, 0) is 9.53 Å². The van der Waals surface area contributed by atoms with E-state index < -0.39 is 35.1 Å². The van der Waals surface area contributed by atoms with Gasteiger partial charge in [0.1, 0.15) is 5.56 Å². The van der Waals surface area contributed by atoms with Crippen LogP contribution in [0.2, 0.25) is 0 Å². The molecule has 2 N–H and O–H groups in total. The molecule has 1 aromatic carbocycles. The van der Waals surface area contributed by atoms with Gasteiger partial charge in [-0.1, -0.05) is 26.0 Å². The molecular formula is C14H17N3O6. The van der Waals surface area contributed by atoms with Crippen LogP contribution < -0.4 is 10.6 Å². The molecule has 0 spiro atoms. The van der Waals surface area contributed by atoms with E-state index in [9.17, 15) is 24.5 Å². The molecule has 3 amide bonds. The molecule has 9 heteroatoms. The number of carbonyl (C=O) groups is 3. The number of amides is 3. The van der Waals surface area contributed by atoms with Crippen LogP contribution in [0.15, 0.2) is 24.3 Å².